The number of carbonyl (C=O) groups excluding carboxylic acids is 1. The molecule has 3 N–H and O–H groups in total. The van der Waals surface area contributed by atoms with Gasteiger partial charge in [0.25, 0.3) is 0 Å². The Bertz CT molecular complexity index is 818. The summed E-state index contributed by atoms with van der Waals surface area (Å²) >= 11 is 1.16. The van der Waals surface area contributed by atoms with Crippen LogP contribution >= 0.6 is 11.3 Å². The van der Waals surface area contributed by atoms with Gasteiger partial charge in [-0.3, -0.25) is 0 Å². The maximum atomic E-state index is 12.3. The van der Waals surface area contributed by atoms with E-state index in [0.29, 0.717) is 34.6 Å². The van der Waals surface area contributed by atoms with E-state index in [0.717, 1.165) is 36.3 Å². The number of carbonyl (C=O) groups is 1. The number of anilines is 1. The van der Waals surface area contributed by atoms with E-state index >= 15 is 0 Å². The summed E-state index contributed by atoms with van der Waals surface area (Å²) in [5, 5.41) is 9.90. The molecule has 3 rings (SSSR count). The van der Waals surface area contributed by atoms with Gasteiger partial charge in [-0.2, -0.15) is 5.26 Å². The second-order valence-corrected chi connectivity index (χ2v) is 7.36. The van der Waals surface area contributed by atoms with E-state index < -0.39 is 0 Å². The highest BCUT2D eigenvalue weighted by atomic mass is 32.1. The van der Waals surface area contributed by atoms with Crippen LogP contribution in [0.25, 0.3) is 0 Å². The van der Waals surface area contributed by atoms with Gasteiger partial charge in [0.1, 0.15) is 28.5 Å². The fourth-order valence-corrected chi connectivity index (χ4v) is 4.61. The van der Waals surface area contributed by atoms with Crippen LogP contribution in [-0.4, -0.2) is 23.7 Å². The summed E-state index contributed by atoms with van der Waals surface area (Å²) in [5.74, 6) is -0.385. The van der Waals surface area contributed by atoms with Crippen LogP contribution < -0.4 is 10.6 Å². The van der Waals surface area contributed by atoms with Crippen LogP contribution in [0.15, 0.2) is 18.3 Å². The molecule has 0 spiro atoms. The standard InChI is InChI=1S/C18H22N4O2S/c1-3-24-18(23)16-13(12(10-19)17(20)25-16)11-22-9-5-7-15(22)14-6-4-8-21(14)2/h4,6,8,15H,3,5,7,9,11,20H2,1-2H3/p+1/t15-/m1/s1. The zero-order valence-electron chi connectivity index (χ0n) is 14.5. The summed E-state index contributed by atoms with van der Waals surface area (Å²) in [5.41, 5.74) is 8.44. The average Bonchev–Trinajstić information content (AvgIpc) is 3.27. The monoisotopic (exact) mass is 359 g/mol. The zero-order valence-corrected chi connectivity index (χ0v) is 15.4. The number of rotatable bonds is 5. The molecular weight excluding hydrogens is 336 g/mol. The SMILES string of the molecule is CCOC(=O)c1sc(N)c(C#N)c1C[NH+]1CCC[C@@H]1c1cccn1C. The molecule has 2 aromatic rings. The van der Waals surface area contributed by atoms with Gasteiger partial charge in [0.05, 0.1) is 30.0 Å². The van der Waals surface area contributed by atoms with E-state index in [4.69, 9.17) is 10.5 Å². The minimum Gasteiger partial charge on any atom is -0.462 e. The highest BCUT2D eigenvalue weighted by Crippen LogP contribution is 2.31. The lowest BCUT2D eigenvalue weighted by molar-refractivity contribution is -0.932. The molecule has 0 saturated carbocycles. The first-order valence-electron chi connectivity index (χ1n) is 8.51. The second-order valence-electron chi connectivity index (χ2n) is 6.31. The highest BCUT2D eigenvalue weighted by Gasteiger charge is 2.34. The molecule has 25 heavy (non-hydrogen) atoms. The zero-order chi connectivity index (χ0) is 18.0. The van der Waals surface area contributed by atoms with Crippen molar-refractivity contribution in [3.63, 3.8) is 0 Å². The maximum absolute atomic E-state index is 12.3. The molecule has 1 fully saturated rings. The third kappa shape index (κ3) is 3.28. The number of nitrogens with zero attached hydrogens (tertiary/aromatic N) is 2. The molecule has 2 aromatic heterocycles. The number of esters is 1. The largest absolute Gasteiger partial charge is 0.462 e. The van der Waals surface area contributed by atoms with Crippen molar-refractivity contribution in [2.24, 2.45) is 7.05 Å². The quantitative estimate of drug-likeness (QED) is 0.795. The topological polar surface area (TPSA) is 85.5 Å². The van der Waals surface area contributed by atoms with Crippen molar-refractivity contribution in [1.29, 1.82) is 5.26 Å². The van der Waals surface area contributed by atoms with Crippen LogP contribution in [0.3, 0.4) is 0 Å². The molecular formula is C18H23N4O2S+. The molecule has 132 valence electrons. The summed E-state index contributed by atoms with van der Waals surface area (Å²) in [6.07, 6.45) is 4.28. The Morgan fingerprint density at radius 3 is 3.04 bits per heavy atom. The van der Waals surface area contributed by atoms with Crippen LogP contribution in [0.2, 0.25) is 0 Å². The molecule has 1 aliphatic heterocycles. The van der Waals surface area contributed by atoms with E-state index in [1.807, 2.05) is 0 Å². The van der Waals surface area contributed by atoms with Gasteiger partial charge in [0, 0.05) is 26.1 Å². The van der Waals surface area contributed by atoms with E-state index in [1.165, 1.54) is 10.6 Å². The van der Waals surface area contributed by atoms with Gasteiger partial charge in [-0.05, 0) is 19.1 Å². The molecule has 0 amide bonds. The lowest BCUT2D eigenvalue weighted by Gasteiger charge is -2.22. The number of ether oxygens (including phenoxy) is 1. The van der Waals surface area contributed by atoms with Crippen LogP contribution in [-0.2, 0) is 18.3 Å². The van der Waals surface area contributed by atoms with Crippen molar-refractivity contribution in [2.75, 3.05) is 18.9 Å². The predicted molar refractivity (Wildman–Crippen MR) is 96.3 cm³/mol. The molecule has 1 saturated heterocycles. The minimum atomic E-state index is -0.385. The third-order valence-corrected chi connectivity index (χ3v) is 5.88. The Hall–Kier alpha value is -2.30. The fourth-order valence-electron chi connectivity index (χ4n) is 3.68. The molecule has 0 bridgehead atoms. The predicted octanol–water partition coefficient (Wildman–Crippen LogP) is 1.64. The van der Waals surface area contributed by atoms with Crippen LogP contribution in [0.5, 0.6) is 0 Å². The van der Waals surface area contributed by atoms with Crippen LogP contribution in [0, 0.1) is 11.3 Å². The maximum Gasteiger partial charge on any atom is 0.348 e. The van der Waals surface area contributed by atoms with Gasteiger partial charge in [0.2, 0.25) is 0 Å². The summed E-state index contributed by atoms with van der Waals surface area (Å²) in [4.78, 5) is 14.1. The lowest BCUT2D eigenvalue weighted by Crippen LogP contribution is -3.09. The minimum absolute atomic E-state index is 0.306. The number of nitrogens with two attached hydrogens (primary N) is 1. The first kappa shape index (κ1) is 17.5. The van der Waals surface area contributed by atoms with Crippen molar-refractivity contribution in [3.8, 4) is 6.07 Å². The van der Waals surface area contributed by atoms with Crippen molar-refractivity contribution in [1.82, 2.24) is 4.57 Å². The lowest BCUT2D eigenvalue weighted by atomic mass is 10.1. The second kappa shape index (κ2) is 7.30. The van der Waals surface area contributed by atoms with Gasteiger partial charge >= 0.3 is 5.97 Å². The van der Waals surface area contributed by atoms with Crippen molar-refractivity contribution < 1.29 is 14.4 Å². The number of likely N-dealkylation sites (tertiary alicyclic amines) is 1. The molecule has 7 heteroatoms. The first-order valence-corrected chi connectivity index (χ1v) is 9.32. The van der Waals surface area contributed by atoms with Gasteiger partial charge in [0.15, 0.2) is 0 Å². The Morgan fingerprint density at radius 1 is 1.60 bits per heavy atom. The van der Waals surface area contributed by atoms with E-state index in [2.05, 4.69) is 36.0 Å². The van der Waals surface area contributed by atoms with Crippen LogP contribution in [0.1, 0.15) is 52.3 Å². The highest BCUT2D eigenvalue weighted by molar-refractivity contribution is 7.18. The summed E-state index contributed by atoms with van der Waals surface area (Å²) in [6.45, 7) is 3.71. The van der Waals surface area contributed by atoms with Gasteiger partial charge < -0.3 is 19.9 Å². The van der Waals surface area contributed by atoms with Crippen LogP contribution in [0.4, 0.5) is 5.00 Å². The summed E-state index contributed by atoms with van der Waals surface area (Å²) < 4.78 is 7.31. The molecule has 0 aliphatic carbocycles. The molecule has 3 heterocycles. The molecule has 1 aliphatic rings. The molecule has 2 atom stereocenters. The number of hydrogen-bond acceptors (Lipinski definition) is 5. The molecule has 6 nitrogen and oxygen atoms in total. The molecule has 1 unspecified atom stereocenters. The number of nitriles is 1. The molecule has 0 aromatic carbocycles. The Kier molecular flexibility index (Phi) is 5.11. The summed E-state index contributed by atoms with van der Waals surface area (Å²) in [7, 11) is 2.05. The Labute approximate surface area is 151 Å². The normalized spacial score (nSPS) is 19.7. The number of nitrogen functional groups attached to an aromatic ring is 1. The average molecular weight is 359 g/mol. The third-order valence-electron chi connectivity index (χ3n) is 4.84. The summed E-state index contributed by atoms with van der Waals surface area (Å²) in [6, 6.07) is 6.74. The number of aromatic nitrogens is 1. The number of nitrogens with one attached hydrogen (secondary N) is 1. The van der Waals surface area contributed by atoms with Crippen molar-refractivity contribution in [3.05, 3.63) is 40.0 Å². The number of quaternary nitrogens is 1. The van der Waals surface area contributed by atoms with Gasteiger partial charge in [-0.25, -0.2) is 4.79 Å². The Balaban J connectivity index is 1.93. The van der Waals surface area contributed by atoms with E-state index in [9.17, 15) is 10.1 Å². The van der Waals surface area contributed by atoms with Gasteiger partial charge in [-0.1, -0.05) is 0 Å². The smallest absolute Gasteiger partial charge is 0.348 e. The fraction of sp³-hybridized carbons (Fsp3) is 0.444. The van der Waals surface area contributed by atoms with E-state index in [-0.39, 0.29) is 5.97 Å². The number of thiophene rings is 1. The van der Waals surface area contributed by atoms with E-state index in [1.54, 1.807) is 6.92 Å². The van der Waals surface area contributed by atoms with Gasteiger partial charge in [-0.15, -0.1) is 11.3 Å². The Morgan fingerprint density at radius 2 is 2.40 bits per heavy atom. The van der Waals surface area contributed by atoms with Crippen molar-refractivity contribution >= 4 is 22.3 Å². The number of hydrogen-bond donors (Lipinski definition) is 2. The first-order chi connectivity index (χ1) is 12.1. The van der Waals surface area contributed by atoms with Crippen molar-refractivity contribution in [2.45, 2.75) is 32.4 Å². The number of aryl methyl sites for hydroxylation is 1. The molecule has 0 radical (unpaired) electrons.